The van der Waals surface area contributed by atoms with Crippen molar-refractivity contribution in [3.05, 3.63) is 23.8 Å². The maximum Gasteiger partial charge on any atom is 0.164 e. The van der Waals surface area contributed by atoms with Crippen molar-refractivity contribution in [3.63, 3.8) is 0 Å². The Kier molecular flexibility index (Phi) is 4.46. The summed E-state index contributed by atoms with van der Waals surface area (Å²) < 4.78 is 12.3. The van der Waals surface area contributed by atoms with Crippen molar-refractivity contribution in [2.45, 2.75) is 77.8 Å². The van der Waals surface area contributed by atoms with E-state index in [1.54, 1.807) is 0 Å². The second kappa shape index (κ2) is 5.69. The minimum Gasteiger partial charge on any atom is -0.344 e. The van der Waals surface area contributed by atoms with Crippen molar-refractivity contribution in [2.24, 2.45) is 5.92 Å². The Morgan fingerprint density at radius 2 is 1.86 bits per heavy atom. The molecule has 3 heteroatoms. The molecule has 1 heterocycles. The molecule has 0 radical (unpaired) electrons. The quantitative estimate of drug-likeness (QED) is 0.496. The average molecular weight is 292 g/mol. The van der Waals surface area contributed by atoms with Crippen LogP contribution < -0.4 is 0 Å². The molecule has 0 saturated carbocycles. The zero-order valence-corrected chi connectivity index (χ0v) is 14.0. The summed E-state index contributed by atoms with van der Waals surface area (Å²) in [5.41, 5.74) is 1.66. The fraction of sp³-hybridized carbons (Fsp3) is 0.722. The first kappa shape index (κ1) is 16.4. The van der Waals surface area contributed by atoms with Gasteiger partial charge in [0.15, 0.2) is 11.6 Å². The monoisotopic (exact) mass is 292 g/mol. The fourth-order valence-corrected chi connectivity index (χ4v) is 3.52. The molecule has 0 spiro atoms. The molecule has 2 rings (SSSR count). The first-order valence-electron chi connectivity index (χ1n) is 7.87. The number of Topliss-reactive ketones (excluding diaryl/α,β-unsaturated/α-hetero) is 1. The summed E-state index contributed by atoms with van der Waals surface area (Å²) in [6.07, 6.45) is 5.15. The summed E-state index contributed by atoms with van der Waals surface area (Å²) in [6, 6.07) is 0. The molecule has 0 amide bonds. The van der Waals surface area contributed by atoms with Crippen LogP contribution in [0.3, 0.4) is 0 Å². The topological polar surface area (TPSA) is 35.5 Å². The number of hydrogen-bond acceptors (Lipinski definition) is 3. The molecular formula is C18H28O3. The van der Waals surface area contributed by atoms with Gasteiger partial charge in [0.1, 0.15) is 0 Å². The van der Waals surface area contributed by atoms with E-state index in [-0.39, 0.29) is 23.4 Å². The lowest BCUT2D eigenvalue weighted by molar-refractivity contribution is -0.340. The van der Waals surface area contributed by atoms with Gasteiger partial charge in [0.25, 0.3) is 0 Å². The van der Waals surface area contributed by atoms with Crippen LogP contribution >= 0.6 is 0 Å². The van der Waals surface area contributed by atoms with Crippen LogP contribution in [0.2, 0.25) is 0 Å². The summed E-state index contributed by atoms with van der Waals surface area (Å²) in [7, 11) is 0. The summed E-state index contributed by atoms with van der Waals surface area (Å²) in [4.78, 5) is 12.0. The molecule has 21 heavy (non-hydrogen) atoms. The van der Waals surface area contributed by atoms with Crippen molar-refractivity contribution >= 4 is 5.78 Å². The summed E-state index contributed by atoms with van der Waals surface area (Å²) in [5.74, 6) is -0.168. The predicted octanol–water partition coefficient (Wildman–Crippen LogP) is 4.18. The van der Waals surface area contributed by atoms with E-state index in [2.05, 4.69) is 33.4 Å². The summed E-state index contributed by atoms with van der Waals surface area (Å²) in [5, 5.41) is 0. The number of ketones is 1. The van der Waals surface area contributed by atoms with Crippen LogP contribution in [-0.2, 0) is 14.3 Å². The highest BCUT2D eigenvalue weighted by atomic mass is 16.7. The van der Waals surface area contributed by atoms with E-state index in [0.29, 0.717) is 6.42 Å². The summed E-state index contributed by atoms with van der Waals surface area (Å²) in [6.45, 7) is 14.2. The minimum atomic E-state index is -0.585. The Bertz CT molecular complexity index is 471. The lowest BCUT2D eigenvalue weighted by atomic mass is 9.78. The van der Waals surface area contributed by atoms with Gasteiger partial charge >= 0.3 is 0 Å². The Morgan fingerprint density at radius 1 is 1.19 bits per heavy atom. The largest absolute Gasteiger partial charge is 0.344 e. The number of carbonyl (C=O) groups is 1. The zero-order valence-electron chi connectivity index (χ0n) is 14.0. The minimum absolute atomic E-state index is 0.0322. The molecule has 1 aliphatic carbocycles. The van der Waals surface area contributed by atoms with Crippen LogP contribution in [0, 0.1) is 5.92 Å². The number of fused-ring (bicyclic) bond motifs is 1. The van der Waals surface area contributed by atoms with Gasteiger partial charge in [0, 0.05) is 12.3 Å². The molecule has 0 aromatic heterocycles. The van der Waals surface area contributed by atoms with Gasteiger partial charge in [0.05, 0.1) is 11.7 Å². The van der Waals surface area contributed by atoms with Crippen molar-refractivity contribution in [2.75, 3.05) is 0 Å². The van der Waals surface area contributed by atoms with Gasteiger partial charge in [-0.2, -0.15) is 0 Å². The van der Waals surface area contributed by atoms with Gasteiger partial charge in [0.2, 0.25) is 0 Å². The van der Waals surface area contributed by atoms with Crippen molar-refractivity contribution in [1.29, 1.82) is 0 Å². The van der Waals surface area contributed by atoms with Gasteiger partial charge in [-0.3, -0.25) is 4.79 Å². The Morgan fingerprint density at radius 3 is 2.52 bits per heavy atom. The molecule has 1 aliphatic heterocycles. The molecule has 0 aromatic carbocycles. The van der Waals surface area contributed by atoms with Crippen LogP contribution in [0.5, 0.6) is 0 Å². The van der Waals surface area contributed by atoms with Crippen LogP contribution in [0.4, 0.5) is 0 Å². The smallest absolute Gasteiger partial charge is 0.164 e. The van der Waals surface area contributed by atoms with E-state index in [1.165, 1.54) is 5.57 Å². The second-order valence-corrected chi connectivity index (χ2v) is 7.37. The highest BCUT2D eigenvalue weighted by Gasteiger charge is 2.47. The standard InChI is InChI=1S/C18H28O3/c1-12-7-10-15(19)13(2)8-9-14-16(11-12)20-18(5,6)21-17(14,3)4/h11,14,16H,2,7-10H2,1,3-6H3/b12-11+/t14-,16-/m1/s1. The van der Waals surface area contributed by atoms with Gasteiger partial charge in [-0.15, -0.1) is 0 Å². The van der Waals surface area contributed by atoms with Crippen molar-refractivity contribution in [3.8, 4) is 0 Å². The first-order chi connectivity index (χ1) is 9.61. The van der Waals surface area contributed by atoms with Crippen LogP contribution in [0.25, 0.3) is 0 Å². The normalized spacial score (nSPS) is 35.6. The van der Waals surface area contributed by atoms with Crippen molar-refractivity contribution in [1.82, 2.24) is 0 Å². The molecule has 0 bridgehead atoms. The van der Waals surface area contributed by atoms with E-state index in [4.69, 9.17) is 9.47 Å². The Hall–Kier alpha value is -0.930. The van der Waals surface area contributed by atoms with E-state index >= 15 is 0 Å². The van der Waals surface area contributed by atoms with Crippen molar-refractivity contribution < 1.29 is 14.3 Å². The van der Waals surface area contributed by atoms with E-state index in [0.717, 1.165) is 24.8 Å². The molecule has 1 saturated heterocycles. The lowest BCUT2D eigenvalue weighted by Gasteiger charge is -2.50. The highest BCUT2D eigenvalue weighted by Crippen LogP contribution is 2.42. The molecule has 2 atom stereocenters. The molecular weight excluding hydrogens is 264 g/mol. The van der Waals surface area contributed by atoms with Crippen LogP contribution in [-0.4, -0.2) is 23.3 Å². The Labute approximate surface area is 128 Å². The van der Waals surface area contributed by atoms with E-state index in [1.807, 2.05) is 13.8 Å². The molecule has 0 unspecified atom stereocenters. The van der Waals surface area contributed by atoms with E-state index in [9.17, 15) is 4.79 Å². The van der Waals surface area contributed by atoms with Gasteiger partial charge in [-0.1, -0.05) is 18.2 Å². The highest BCUT2D eigenvalue weighted by molar-refractivity contribution is 5.94. The van der Waals surface area contributed by atoms with Gasteiger partial charge in [-0.05, 0) is 59.5 Å². The Balaban J connectivity index is 2.34. The third-order valence-electron chi connectivity index (χ3n) is 4.56. The second-order valence-electron chi connectivity index (χ2n) is 7.37. The molecule has 118 valence electrons. The van der Waals surface area contributed by atoms with Gasteiger partial charge < -0.3 is 9.47 Å². The molecule has 0 aromatic rings. The molecule has 3 nitrogen and oxygen atoms in total. The lowest BCUT2D eigenvalue weighted by Crippen LogP contribution is -2.55. The SMILES string of the molecule is C=C1CC[C@@H]2[C@@H](/C=C(\C)CCC1=O)OC(C)(C)OC2(C)C. The third kappa shape index (κ3) is 3.83. The zero-order chi connectivity index (χ0) is 15.8. The number of rotatable bonds is 0. The average Bonchev–Trinajstić information content (AvgIpc) is 2.31. The molecule has 0 N–H and O–H groups in total. The number of ether oxygens (including phenoxy) is 2. The van der Waals surface area contributed by atoms with Crippen LogP contribution in [0.15, 0.2) is 23.8 Å². The maximum absolute atomic E-state index is 12.0. The maximum atomic E-state index is 12.0. The molecule has 1 fully saturated rings. The van der Waals surface area contributed by atoms with Gasteiger partial charge in [-0.25, -0.2) is 0 Å². The third-order valence-corrected chi connectivity index (χ3v) is 4.56. The number of carbonyl (C=O) groups excluding carboxylic acids is 1. The predicted molar refractivity (Wildman–Crippen MR) is 84.0 cm³/mol. The summed E-state index contributed by atoms with van der Waals surface area (Å²) >= 11 is 0. The number of hydrogen-bond donors (Lipinski definition) is 0. The molecule has 2 aliphatic rings. The van der Waals surface area contributed by atoms with Crippen LogP contribution in [0.1, 0.15) is 60.3 Å². The number of allylic oxidation sites excluding steroid dienone is 2. The van der Waals surface area contributed by atoms with E-state index < -0.39 is 5.79 Å². The fourth-order valence-electron chi connectivity index (χ4n) is 3.52. The first-order valence-corrected chi connectivity index (χ1v) is 7.87.